The van der Waals surface area contributed by atoms with Gasteiger partial charge in [-0.05, 0) is 25.0 Å². The first-order chi connectivity index (χ1) is 10.3. The van der Waals surface area contributed by atoms with Crippen LogP contribution in [0.15, 0.2) is 23.1 Å². The van der Waals surface area contributed by atoms with Crippen molar-refractivity contribution < 1.29 is 18.1 Å². The average molecular weight is 327 g/mol. The molecule has 0 spiro atoms. The lowest BCUT2D eigenvalue weighted by atomic mass is 10.2. The minimum absolute atomic E-state index is 0.0128. The number of anilines is 1. The van der Waals surface area contributed by atoms with Crippen LogP contribution in [0.4, 0.5) is 11.4 Å². The monoisotopic (exact) mass is 327 g/mol. The van der Waals surface area contributed by atoms with E-state index in [0.717, 1.165) is 19.1 Å². The second-order valence-corrected chi connectivity index (χ2v) is 7.16. The van der Waals surface area contributed by atoms with Gasteiger partial charge in [0, 0.05) is 25.3 Å². The molecule has 2 N–H and O–H groups in total. The zero-order chi connectivity index (χ0) is 16.3. The van der Waals surface area contributed by atoms with Crippen LogP contribution in [0.1, 0.15) is 12.8 Å². The normalized spacial score (nSPS) is 14.4. The van der Waals surface area contributed by atoms with Crippen LogP contribution in [0.5, 0.6) is 0 Å². The van der Waals surface area contributed by atoms with Gasteiger partial charge in [0.1, 0.15) is 10.6 Å². The lowest BCUT2D eigenvalue weighted by Crippen LogP contribution is -2.29. The Hall–Kier alpha value is -2.16. The zero-order valence-corrected chi connectivity index (χ0v) is 12.9. The number of rotatable bonds is 7. The summed E-state index contributed by atoms with van der Waals surface area (Å²) in [5, 5.41) is 16.7. The number of nitro benzene ring substituents is 1. The highest BCUT2D eigenvalue weighted by Gasteiger charge is 2.29. The number of sulfone groups is 1. The quantitative estimate of drug-likeness (QED) is 0.437. The van der Waals surface area contributed by atoms with Crippen molar-refractivity contribution in [3.63, 3.8) is 0 Å². The zero-order valence-electron chi connectivity index (χ0n) is 12.0. The average Bonchev–Trinajstić information content (AvgIpc) is 3.26. The fourth-order valence-corrected chi connectivity index (χ4v) is 2.89. The van der Waals surface area contributed by atoms with Crippen molar-refractivity contribution in [2.75, 3.05) is 24.7 Å². The number of hydrogen-bond acceptors (Lipinski definition) is 6. The molecule has 22 heavy (non-hydrogen) atoms. The van der Waals surface area contributed by atoms with Crippen molar-refractivity contribution in [3.05, 3.63) is 28.3 Å². The summed E-state index contributed by atoms with van der Waals surface area (Å²) in [4.78, 5) is 21.6. The number of carbonyl (C=O) groups is 1. The molecule has 1 saturated carbocycles. The highest BCUT2D eigenvalue weighted by Crippen LogP contribution is 2.31. The minimum Gasteiger partial charge on any atom is -0.378 e. The van der Waals surface area contributed by atoms with Crippen molar-refractivity contribution in [3.8, 4) is 0 Å². The molecule has 0 atom stereocenters. The Balaban J connectivity index is 2.06. The first-order valence-corrected chi connectivity index (χ1v) is 8.69. The van der Waals surface area contributed by atoms with Gasteiger partial charge in [-0.2, -0.15) is 0 Å². The molecule has 0 saturated heterocycles. The second-order valence-electron chi connectivity index (χ2n) is 5.17. The van der Waals surface area contributed by atoms with Gasteiger partial charge in [-0.15, -0.1) is 0 Å². The van der Waals surface area contributed by atoms with Gasteiger partial charge in [-0.25, -0.2) is 8.42 Å². The van der Waals surface area contributed by atoms with Crippen LogP contribution in [0.2, 0.25) is 0 Å². The number of nitro groups is 1. The van der Waals surface area contributed by atoms with Gasteiger partial charge in [0.05, 0.1) is 4.92 Å². The summed E-state index contributed by atoms with van der Waals surface area (Å²) in [6.45, 7) is 0.585. The van der Waals surface area contributed by atoms with E-state index in [-0.39, 0.29) is 29.0 Å². The topological polar surface area (TPSA) is 118 Å². The molecule has 0 heterocycles. The summed E-state index contributed by atoms with van der Waals surface area (Å²) in [6, 6.07) is 4.08. The smallest absolute Gasteiger partial charge is 0.310 e. The molecule has 1 aliphatic rings. The highest BCUT2D eigenvalue weighted by molar-refractivity contribution is 7.90. The number of nitrogens with zero attached hydrogens (tertiary/aromatic N) is 1. The van der Waals surface area contributed by atoms with E-state index in [2.05, 4.69) is 10.6 Å². The van der Waals surface area contributed by atoms with Gasteiger partial charge >= 0.3 is 5.69 Å². The molecule has 0 bridgehead atoms. The van der Waals surface area contributed by atoms with Crippen LogP contribution < -0.4 is 10.6 Å². The van der Waals surface area contributed by atoms with E-state index >= 15 is 0 Å². The highest BCUT2D eigenvalue weighted by atomic mass is 32.2. The number of para-hydroxylation sites is 1. The van der Waals surface area contributed by atoms with E-state index in [1.807, 2.05) is 0 Å². The van der Waals surface area contributed by atoms with E-state index in [9.17, 15) is 23.3 Å². The molecular weight excluding hydrogens is 310 g/mol. The number of amides is 1. The second kappa shape index (κ2) is 6.30. The fraction of sp³-hybridized carbons (Fsp3) is 0.462. The molecule has 8 nitrogen and oxygen atoms in total. The molecule has 1 fully saturated rings. The predicted octanol–water partition coefficient (Wildman–Crippen LogP) is 0.936. The summed E-state index contributed by atoms with van der Waals surface area (Å²) in [5.74, 6) is 0.0871. The van der Waals surface area contributed by atoms with Gasteiger partial charge in [-0.3, -0.25) is 14.9 Å². The van der Waals surface area contributed by atoms with E-state index in [1.165, 1.54) is 18.2 Å². The third-order valence-electron chi connectivity index (χ3n) is 3.27. The molecule has 0 radical (unpaired) electrons. The van der Waals surface area contributed by atoms with Crippen LogP contribution in [0.3, 0.4) is 0 Å². The third-order valence-corrected chi connectivity index (χ3v) is 4.40. The first-order valence-electron chi connectivity index (χ1n) is 6.79. The van der Waals surface area contributed by atoms with Crippen molar-refractivity contribution in [2.24, 2.45) is 5.92 Å². The Labute approximate surface area is 128 Å². The maximum absolute atomic E-state index is 11.6. The number of nitrogens with one attached hydrogen (secondary N) is 2. The maximum Gasteiger partial charge on any atom is 0.310 e. The molecule has 1 amide bonds. The molecule has 1 aromatic rings. The summed E-state index contributed by atoms with van der Waals surface area (Å²) in [5.41, 5.74) is -0.355. The van der Waals surface area contributed by atoms with Crippen LogP contribution in [0, 0.1) is 16.0 Å². The van der Waals surface area contributed by atoms with E-state index < -0.39 is 20.4 Å². The number of benzene rings is 1. The van der Waals surface area contributed by atoms with Crippen molar-refractivity contribution in [1.29, 1.82) is 0 Å². The fourth-order valence-electron chi connectivity index (χ4n) is 2.03. The summed E-state index contributed by atoms with van der Waals surface area (Å²) in [7, 11) is -3.70. The van der Waals surface area contributed by atoms with Crippen molar-refractivity contribution in [2.45, 2.75) is 17.7 Å². The lowest BCUT2D eigenvalue weighted by Gasteiger charge is -2.10. The third kappa shape index (κ3) is 3.94. The molecule has 120 valence electrons. The summed E-state index contributed by atoms with van der Waals surface area (Å²) in [6.07, 6.45) is 2.73. The molecule has 2 rings (SSSR count). The molecular formula is C13H17N3O5S. The largest absolute Gasteiger partial charge is 0.378 e. The van der Waals surface area contributed by atoms with Crippen LogP contribution >= 0.6 is 0 Å². The number of hydrogen-bond donors (Lipinski definition) is 2. The van der Waals surface area contributed by atoms with E-state index in [4.69, 9.17) is 0 Å². The van der Waals surface area contributed by atoms with E-state index in [0.29, 0.717) is 6.54 Å². The predicted molar refractivity (Wildman–Crippen MR) is 80.4 cm³/mol. The Morgan fingerprint density at radius 3 is 2.59 bits per heavy atom. The molecule has 0 aliphatic heterocycles. The van der Waals surface area contributed by atoms with Crippen LogP contribution in [-0.2, 0) is 14.6 Å². The summed E-state index contributed by atoms with van der Waals surface area (Å²) >= 11 is 0. The Bertz CT molecular complexity index is 698. The molecule has 0 unspecified atom stereocenters. The Morgan fingerprint density at radius 2 is 2.05 bits per heavy atom. The van der Waals surface area contributed by atoms with E-state index in [1.54, 1.807) is 0 Å². The van der Waals surface area contributed by atoms with Crippen LogP contribution in [-0.4, -0.2) is 38.6 Å². The first kappa shape index (κ1) is 16.2. The van der Waals surface area contributed by atoms with Gasteiger partial charge in [-0.1, -0.05) is 6.07 Å². The van der Waals surface area contributed by atoms with Gasteiger partial charge in [0.2, 0.25) is 5.91 Å². The molecule has 9 heteroatoms. The summed E-state index contributed by atoms with van der Waals surface area (Å²) < 4.78 is 23.2. The molecule has 0 aromatic heterocycles. The maximum atomic E-state index is 11.6. The Kier molecular flexibility index (Phi) is 4.65. The standard InChI is InChI=1S/C13H17N3O5S/c1-22(20,21)11-4-2-3-10(12(11)16(18)19)14-7-8-15-13(17)9-5-6-9/h2-4,9,14H,5-8H2,1H3,(H,15,17). The minimum atomic E-state index is -3.70. The molecule has 1 aromatic carbocycles. The van der Waals surface area contributed by atoms with Crippen LogP contribution in [0.25, 0.3) is 0 Å². The number of carbonyl (C=O) groups excluding carboxylic acids is 1. The van der Waals surface area contributed by atoms with Crippen molar-refractivity contribution in [1.82, 2.24) is 5.32 Å². The van der Waals surface area contributed by atoms with Gasteiger partial charge < -0.3 is 10.6 Å². The van der Waals surface area contributed by atoms with Crippen molar-refractivity contribution >= 4 is 27.1 Å². The Morgan fingerprint density at radius 1 is 1.36 bits per heavy atom. The SMILES string of the molecule is CS(=O)(=O)c1cccc(NCCNC(=O)C2CC2)c1[N+](=O)[O-]. The molecule has 1 aliphatic carbocycles. The van der Waals surface area contributed by atoms with Gasteiger partial charge in [0.25, 0.3) is 0 Å². The van der Waals surface area contributed by atoms with Gasteiger partial charge in [0.15, 0.2) is 9.84 Å². The lowest BCUT2D eigenvalue weighted by molar-refractivity contribution is -0.386.